The minimum Gasteiger partial charge on any atom is -0.447 e. The number of alkyl carbamates (subject to hydrolysis) is 1. The lowest BCUT2D eigenvalue weighted by atomic mass is 9.95. The standard InChI is InChI=1S/C21H29N3O3/c1-21(2,3)19(25)24-12-15(8-9-23(4)5)17-11-14(6-7-18(17)24)10-16-13-27-20(26)22-16/h6-7,11-12,16H,8-10,13H2,1-5H3,(H,22,26). The third-order valence-electron chi connectivity index (χ3n) is 4.86. The molecule has 0 aliphatic carbocycles. The van der Waals surface area contributed by atoms with Gasteiger partial charge in [0.05, 0.1) is 11.6 Å². The Morgan fingerprint density at radius 1 is 1.33 bits per heavy atom. The van der Waals surface area contributed by atoms with Crippen molar-refractivity contribution in [1.29, 1.82) is 0 Å². The lowest BCUT2D eigenvalue weighted by molar-refractivity contribution is 0.0772. The van der Waals surface area contributed by atoms with E-state index in [-0.39, 0.29) is 18.0 Å². The molecule has 6 nitrogen and oxygen atoms in total. The highest BCUT2D eigenvalue weighted by Crippen LogP contribution is 2.28. The molecule has 1 amide bonds. The second kappa shape index (κ2) is 7.35. The molecule has 27 heavy (non-hydrogen) atoms. The average Bonchev–Trinajstić information content (AvgIpc) is 3.14. The van der Waals surface area contributed by atoms with Gasteiger partial charge in [-0.25, -0.2) is 4.79 Å². The molecule has 3 rings (SSSR count). The van der Waals surface area contributed by atoms with Crippen molar-refractivity contribution in [1.82, 2.24) is 14.8 Å². The SMILES string of the molecule is CN(C)CCc1cn(C(=O)C(C)(C)C)c2ccc(CC3COC(=O)N3)cc12. The normalized spacial score (nSPS) is 17.4. The van der Waals surface area contributed by atoms with E-state index in [1.807, 2.05) is 53.2 Å². The first-order valence-corrected chi connectivity index (χ1v) is 9.41. The van der Waals surface area contributed by atoms with E-state index < -0.39 is 5.41 Å². The van der Waals surface area contributed by atoms with Gasteiger partial charge in [0.25, 0.3) is 0 Å². The summed E-state index contributed by atoms with van der Waals surface area (Å²) in [5.41, 5.74) is 2.80. The Kier molecular flexibility index (Phi) is 5.29. The van der Waals surface area contributed by atoms with Gasteiger partial charge in [0.1, 0.15) is 6.61 Å². The first-order valence-electron chi connectivity index (χ1n) is 9.41. The first-order chi connectivity index (χ1) is 12.6. The van der Waals surface area contributed by atoms with Gasteiger partial charge in [-0.2, -0.15) is 0 Å². The van der Waals surface area contributed by atoms with E-state index in [1.54, 1.807) is 4.57 Å². The number of cyclic esters (lactones) is 1. The zero-order valence-corrected chi connectivity index (χ0v) is 16.8. The fourth-order valence-electron chi connectivity index (χ4n) is 3.37. The van der Waals surface area contributed by atoms with Crippen LogP contribution in [0.4, 0.5) is 4.79 Å². The molecule has 2 heterocycles. The van der Waals surface area contributed by atoms with Gasteiger partial charge in [0.2, 0.25) is 5.91 Å². The molecule has 1 saturated heterocycles. The number of rotatable bonds is 5. The molecule has 1 aromatic heterocycles. The summed E-state index contributed by atoms with van der Waals surface area (Å²) in [4.78, 5) is 26.3. The molecule has 0 saturated carbocycles. The molecule has 146 valence electrons. The first kappa shape index (κ1) is 19.4. The third-order valence-corrected chi connectivity index (χ3v) is 4.86. The van der Waals surface area contributed by atoms with Crippen LogP contribution >= 0.6 is 0 Å². The molecule has 1 fully saturated rings. The van der Waals surface area contributed by atoms with Crippen LogP contribution in [0.25, 0.3) is 10.9 Å². The molecule has 6 heteroatoms. The van der Waals surface area contributed by atoms with Gasteiger partial charge in [-0.1, -0.05) is 26.8 Å². The number of ether oxygens (including phenoxy) is 1. The van der Waals surface area contributed by atoms with Gasteiger partial charge in [-0.05, 0) is 50.2 Å². The number of amides is 1. The number of carbonyl (C=O) groups excluding carboxylic acids is 2. The fraction of sp³-hybridized carbons (Fsp3) is 0.524. The number of hydrogen-bond acceptors (Lipinski definition) is 4. The number of benzene rings is 1. The lowest BCUT2D eigenvalue weighted by Crippen LogP contribution is -2.28. The highest BCUT2D eigenvalue weighted by atomic mass is 16.6. The van der Waals surface area contributed by atoms with Crippen LogP contribution in [0.2, 0.25) is 0 Å². The van der Waals surface area contributed by atoms with Crippen LogP contribution in [-0.2, 0) is 17.6 Å². The second-order valence-electron chi connectivity index (χ2n) is 8.63. The van der Waals surface area contributed by atoms with Gasteiger partial charge in [-0.15, -0.1) is 0 Å². The van der Waals surface area contributed by atoms with Gasteiger partial charge in [0, 0.05) is 23.5 Å². The van der Waals surface area contributed by atoms with Crippen molar-refractivity contribution < 1.29 is 14.3 Å². The minimum atomic E-state index is -0.449. The summed E-state index contributed by atoms with van der Waals surface area (Å²) < 4.78 is 6.78. The maximum absolute atomic E-state index is 12.9. The zero-order chi connectivity index (χ0) is 19.8. The van der Waals surface area contributed by atoms with Crippen LogP contribution in [0.15, 0.2) is 24.4 Å². The van der Waals surface area contributed by atoms with Crippen LogP contribution in [-0.4, -0.2) is 54.8 Å². The highest BCUT2D eigenvalue weighted by Gasteiger charge is 2.26. The van der Waals surface area contributed by atoms with Crippen LogP contribution in [0.1, 0.15) is 36.7 Å². The molecule has 1 unspecified atom stereocenters. The van der Waals surface area contributed by atoms with Gasteiger partial charge < -0.3 is 15.0 Å². The summed E-state index contributed by atoms with van der Waals surface area (Å²) in [5.74, 6) is 0.0906. The van der Waals surface area contributed by atoms with Crippen LogP contribution in [0, 0.1) is 5.41 Å². The predicted octanol–water partition coefficient (Wildman–Crippen LogP) is 3.08. The van der Waals surface area contributed by atoms with Crippen molar-refractivity contribution in [3.05, 3.63) is 35.5 Å². The third kappa shape index (κ3) is 4.33. The number of nitrogens with zero attached hydrogens (tertiary/aromatic N) is 2. The molecule has 1 aliphatic rings. The van der Waals surface area contributed by atoms with E-state index in [4.69, 9.17) is 4.74 Å². The number of carbonyl (C=O) groups is 2. The zero-order valence-electron chi connectivity index (χ0n) is 16.8. The van der Waals surface area contributed by atoms with Crippen LogP contribution in [0.3, 0.4) is 0 Å². The summed E-state index contributed by atoms with van der Waals surface area (Å²) in [6.45, 7) is 7.14. The summed E-state index contributed by atoms with van der Waals surface area (Å²) in [6.07, 6.45) is 3.23. The van der Waals surface area contributed by atoms with Crippen molar-refractivity contribution in [2.24, 2.45) is 5.41 Å². The molecule has 0 bridgehead atoms. The topological polar surface area (TPSA) is 63.6 Å². The molecular weight excluding hydrogens is 342 g/mol. The van der Waals surface area contributed by atoms with Gasteiger partial charge in [0.15, 0.2) is 0 Å². The average molecular weight is 371 g/mol. The molecule has 1 aromatic carbocycles. The Morgan fingerprint density at radius 3 is 2.67 bits per heavy atom. The van der Waals surface area contributed by atoms with E-state index in [0.29, 0.717) is 13.0 Å². The molecule has 0 spiro atoms. The quantitative estimate of drug-likeness (QED) is 0.877. The van der Waals surface area contributed by atoms with Gasteiger partial charge >= 0.3 is 6.09 Å². The van der Waals surface area contributed by atoms with E-state index in [2.05, 4.69) is 16.3 Å². The fourth-order valence-corrected chi connectivity index (χ4v) is 3.37. The molecule has 1 N–H and O–H groups in total. The van der Waals surface area contributed by atoms with E-state index >= 15 is 0 Å². The van der Waals surface area contributed by atoms with Crippen molar-refractivity contribution >= 4 is 22.9 Å². The highest BCUT2D eigenvalue weighted by molar-refractivity contribution is 5.96. The van der Waals surface area contributed by atoms with E-state index in [0.717, 1.165) is 29.4 Å². The van der Waals surface area contributed by atoms with Crippen molar-refractivity contribution in [2.45, 2.75) is 39.7 Å². The Balaban J connectivity index is 1.97. The lowest BCUT2D eigenvalue weighted by Gasteiger charge is -2.18. The molecule has 1 aliphatic heterocycles. The minimum absolute atomic E-state index is 0.00142. The summed E-state index contributed by atoms with van der Waals surface area (Å²) >= 11 is 0. The van der Waals surface area contributed by atoms with E-state index in [9.17, 15) is 9.59 Å². The number of fused-ring (bicyclic) bond motifs is 1. The smallest absolute Gasteiger partial charge is 0.407 e. The number of aromatic nitrogens is 1. The number of hydrogen-bond donors (Lipinski definition) is 1. The number of likely N-dealkylation sites (N-methyl/N-ethyl adjacent to an activating group) is 1. The Morgan fingerprint density at radius 2 is 2.07 bits per heavy atom. The maximum Gasteiger partial charge on any atom is 0.407 e. The summed E-state index contributed by atoms with van der Waals surface area (Å²) in [6, 6.07) is 6.20. The van der Waals surface area contributed by atoms with E-state index in [1.165, 1.54) is 5.56 Å². The molecule has 0 radical (unpaired) electrons. The molecule has 2 aromatic rings. The Hall–Kier alpha value is -2.34. The Labute approximate surface area is 160 Å². The maximum atomic E-state index is 12.9. The Bertz CT molecular complexity index is 861. The van der Waals surface area contributed by atoms with Gasteiger partial charge in [-0.3, -0.25) is 9.36 Å². The largest absolute Gasteiger partial charge is 0.447 e. The van der Waals surface area contributed by atoms with Crippen molar-refractivity contribution in [2.75, 3.05) is 27.2 Å². The molecular formula is C21H29N3O3. The number of nitrogens with one attached hydrogen (secondary N) is 1. The second-order valence-corrected chi connectivity index (χ2v) is 8.63. The van der Waals surface area contributed by atoms with Crippen LogP contribution < -0.4 is 5.32 Å². The summed E-state index contributed by atoms with van der Waals surface area (Å²) in [5, 5.41) is 3.93. The monoisotopic (exact) mass is 371 g/mol. The molecule has 1 atom stereocenters. The van der Waals surface area contributed by atoms with Crippen LogP contribution in [0.5, 0.6) is 0 Å². The predicted molar refractivity (Wildman–Crippen MR) is 106 cm³/mol. The van der Waals surface area contributed by atoms with Crippen molar-refractivity contribution in [3.8, 4) is 0 Å². The summed E-state index contributed by atoms with van der Waals surface area (Å²) in [7, 11) is 4.10. The van der Waals surface area contributed by atoms with Crippen molar-refractivity contribution in [3.63, 3.8) is 0 Å².